The van der Waals surface area contributed by atoms with Gasteiger partial charge in [-0.3, -0.25) is 4.79 Å². The summed E-state index contributed by atoms with van der Waals surface area (Å²) in [5.41, 5.74) is 6.52. The van der Waals surface area contributed by atoms with Crippen LogP contribution in [0.3, 0.4) is 0 Å². The van der Waals surface area contributed by atoms with E-state index >= 15 is 0 Å². The van der Waals surface area contributed by atoms with Gasteiger partial charge in [0.2, 0.25) is 15.9 Å². The molecular weight excluding hydrogens is 290 g/mol. The number of sulfonamides is 1. The molecule has 0 aliphatic carbocycles. The van der Waals surface area contributed by atoms with E-state index in [1.807, 2.05) is 37.3 Å². The van der Waals surface area contributed by atoms with Crippen molar-refractivity contribution in [1.29, 1.82) is 0 Å². The van der Waals surface area contributed by atoms with Gasteiger partial charge in [-0.25, -0.2) is 13.1 Å². The van der Waals surface area contributed by atoms with Crippen LogP contribution in [0.15, 0.2) is 30.3 Å². The number of carbonyl (C=O) groups excluding carboxylic acids is 1. The molecule has 1 unspecified atom stereocenters. The summed E-state index contributed by atoms with van der Waals surface area (Å²) >= 11 is 0. The maximum atomic E-state index is 11.8. The van der Waals surface area contributed by atoms with Crippen LogP contribution in [-0.2, 0) is 21.4 Å². The predicted octanol–water partition coefficient (Wildman–Crippen LogP) is 0.350. The molecule has 6 nitrogen and oxygen atoms in total. The predicted molar refractivity (Wildman–Crippen MR) is 83.0 cm³/mol. The summed E-state index contributed by atoms with van der Waals surface area (Å²) in [5.74, 6) is -0.472. The van der Waals surface area contributed by atoms with Crippen molar-refractivity contribution in [1.82, 2.24) is 10.0 Å². The van der Waals surface area contributed by atoms with Crippen LogP contribution in [-0.4, -0.2) is 32.7 Å². The third-order valence-electron chi connectivity index (χ3n) is 2.95. The van der Waals surface area contributed by atoms with E-state index in [2.05, 4.69) is 10.0 Å². The van der Waals surface area contributed by atoms with Crippen molar-refractivity contribution >= 4 is 15.9 Å². The van der Waals surface area contributed by atoms with Crippen LogP contribution in [0.2, 0.25) is 0 Å². The quantitative estimate of drug-likeness (QED) is 0.612. The Hall–Kier alpha value is -1.44. The second kappa shape index (κ2) is 8.76. The molecule has 118 valence electrons. The number of nitrogens with one attached hydrogen (secondary N) is 2. The van der Waals surface area contributed by atoms with Gasteiger partial charge in [-0.05, 0) is 12.0 Å². The Morgan fingerprint density at radius 3 is 2.57 bits per heavy atom. The average Bonchev–Trinajstić information content (AvgIpc) is 2.46. The van der Waals surface area contributed by atoms with E-state index in [0.29, 0.717) is 6.42 Å². The van der Waals surface area contributed by atoms with E-state index in [9.17, 15) is 13.2 Å². The zero-order valence-electron chi connectivity index (χ0n) is 12.2. The first-order valence-electron chi connectivity index (χ1n) is 6.99. The van der Waals surface area contributed by atoms with Crippen molar-refractivity contribution in [3.63, 3.8) is 0 Å². The van der Waals surface area contributed by atoms with Gasteiger partial charge < -0.3 is 11.1 Å². The van der Waals surface area contributed by atoms with E-state index in [-0.39, 0.29) is 24.7 Å². The molecule has 0 aromatic heterocycles. The van der Waals surface area contributed by atoms with Crippen LogP contribution in [0, 0.1) is 0 Å². The van der Waals surface area contributed by atoms with Gasteiger partial charge in [0.15, 0.2) is 0 Å². The molecule has 0 aliphatic rings. The third kappa shape index (κ3) is 7.22. The largest absolute Gasteiger partial charge is 0.354 e. The molecule has 0 radical (unpaired) electrons. The van der Waals surface area contributed by atoms with Gasteiger partial charge in [-0.2, -0.15) is 0 Å². The molecule has 0 saturated carbocycles. The van der Waals surface area contributed by atoms with Gasteiger partial charge in [0.1, 0.15) is 0 Å². The average molecular weight is 313 g/mol. The summed E-state index contributed by atoms with van der Waals surface area (Å²) < 4.78 is 26.1. The van der Waals surface area contributed by atoms with Crippen molar-refractivity contribution < 1.29 is 13.2 Å². The Morgan fingerprint density at radius 1 is 1.29 bits per heavy atom. The Morgan fingerprint density at radius 2 is 1.95 bits per heavy atom. The highest BCUT2D eigenvalue weighted by molar-refractivity contribution is 7.89. The number of nitrogens with two attached hydrogens (primary N) is 1. The second-order valence-electron chi connectivity index (χ2n) is 4.81. The monoisotopic (exact) mass is 313 g/mol. The number of carbonyl (C=O) groups is 1. The first kappa shape index (κ1) is 17.6. The molecule has 1 aromatic carbocycles. The lowest BCUT2D eigenvalue weighted by molar-refractivity contribution is -0.122. The Kier molecular flexibility index (Phi) is 7.35. The van der Waals surface area contributed by atoms with Gasteiger partial charge in [0.05, 0.1) is 11.8 Å². The van der Waals surface area contributed by atoms with Gasteiger partial charge in [0, 0.05) is 13.1 Å². The van der Waals surface area contributed by atoms with Gasteiger partial charge >= 0.3 is 0 Å². The number of hydrogen-bond acceptors (Lipinski definition) is 4. The molecule has 4 N–H and O–H groups in total. The van der Waals surface area contributed by atoms with Crippen LogP contribution in [0.4, 0.5) is 0 Å². The van der Waals surface area contributed by atoms with Crippen molar-refractivity contribution in [2.24, 2.45) is 5.73 Å². The van der Waals surface area contributed by atoms with E-state index < -0.39 is 16.1 Å². The van der Waals surface area contributed by atoms with E-state index in [1.54, 1.807) is 0 Å². The summed E-state index contributed by atoms with van der Waals surface area (Å²) in [7, 11) is -3.42. The first-order valence-corrected chi connectivity index (χ1v) is 8.64. The molecule has 1 aromatic rings. The topological polar surface area (TPSA) is 101 Å². The molecule has 7 heteroatoms. The first-order chi connectivity index (χ1) is 9.94. The third-order valence-corrected chi connectivity index (χ3v) is 4.27. The van der Waals surface area contributed by atoms with Gasteiger partial charge in [0.25, 0.3) is 0 Å². The number of rotatable bonds is 9. The molecule has 1 amide bonds. The van der Waals surface area contributed by atoms with Crippen LogP contribution < -0.4 is 15.8 Å². The van der Waals surface area contributed by atoms with Crippen molar-refractivity contribution in [3.05, 3.63) is 35.9 Å². The van der Waals surface area contributed by atoms with E-state index in [1.165, 1.54) is 0 Å². The van der Waals surface area contributed by atoms with Crippen LogP contribution >= 0.6 is 0 Å². The minimum Gasteiger partial charge on any atom is -0.354 e. The zero-order valence-corrected chi connectivity index (χ0v) is 13.0. The minimum absolute atomic E-state index is 0.0559. The number of hydrogen-bond donors (Lipinski definition) is 3. The molecule has 0 fully saturated rings. The van der Waals surface area contributed by atoms with Crippen molar-refractivity contribution in [3.8, 4) is 0 Å². The Bertz CT molecular complexity index is 532. The highest BCUT2D eigenvalue weighted by atomic mass is 32.2. The summed E-state index contributed by atoms with van der Waals surface area (Å²) in [6.07, 6.45) is 1.40. The summed E-state index contributed by atoms with van der Waals surface area (Å²) in [6, 6.07) is 8.67. The lowest BCUT2D eigenvalue weighted by Gasteiger charge is -2.11. The number of benzene rings is 1. The second-order valence-corrected chi connectivity index (χ2v) is 6.74. The van der Waals surface area contributed by atoms with E-state index in [4.69, 9.17) is 5.73 Å². The Balaban J connectivity index is 2.31. The molecule has 0 bridgehead atoms. The molecule has 0 aliphatic heterocycles. The van der Waals surface area contributed by atoms with E-state index in [0.717, 1.165) is 12.0 Å². The lowest BCUT2D eigenvalue weighted by atomic mass is 10.2. The molecule has 0 saturated heterocycles. The van der Waals surface area contributed by atoms with Gasteiger partial charge in [-0.15, -0.1) is 0 Å². The maximum Gasteiger partial charge on any atom is 0.236 e. The highest BCUT2D eigenvalue weighted by Gasteiger charge is 2.14. The highest BCUT2D eigenvalue weighted by Crippen LogP contribution is 1.98. The van der Waals surface area contributed by atoms with Crippen LogP contribution in [0.1, 0.15) is 25.3 Å². The molecule has 0 spiro atoms. The summed E-state index contributed by atoms with van der Waals surface area (Å²) in [6.45, 7) is 2.23. The van der Waals surface area contributed by atoms with Crippen molar-refractivity contribution in [2.75, 3.05) is 12.3 Å². The molecule has 0 heterocycles. The standard InChI is InChI=1S/C14H23N3O3S/c1-2-6-13(15)14(18)16-9-10-21(19,20)17-11-12-7-4-3-5-8-12/h3-5,7-8,13,17H,2,6,9-11,15H2,1H3,(H,16,18). The van der Waals surface area contributed by atoms with Gasteiger partial charge in [-0.1, -0.05) is 43.7 Å². The summed E-state index contributed by atoms with van der Waals surface area (Å²) in [5, 5.41) is 2.54. The molecule has 21 heavy (non-hydrogen) atoms. The van der Waals surface area contributed by atoms with Crippen LogP contribution in [0.5, 0.6) is 0 Å². The lowest BCUT2D eigenvalue weighted by Crippen LogP contribution is -2.43. The molecule has 1 atom stereocenters. The zero-order chi connectivity index (χ0) is 15.7. The summed E-state index contributed by atoms with van der Waals surface area (Å²) in [4.78, 5) is 11.5. The van der Waals surface area contributed by atoms with Crippen molar-refractivity contribution in [2.45, 2.75) is 32.4 Å². The minimum atomic E-state index is -3.42. The maximum absolute atomic E-state index is 11.8. The van der Waals surface area contributed by atoms with Crippen LogP contribution in [0.25, 0.3) is 0 Å². The fraction of sp³-hybridized carbons (Fsp3) is 0.500. The SMILES string of the molecule is CCCC(N)C(=O)NCCS(=O)(=O)NCc1ccccc1. The smallest absolute Gasteiger partial charge is 0.236 e. The fourth-order valence-electron chi connectivity index (χ4n) is 1.74. The Labute approximate surface area is 126 Å². The fourth-order valence-corrected chi connectivity index (χ4v) is 2.64. The molecule has 1 rings (SSSR count). The molecular formula is C14H23N3O3S. The normalized spacial score (nSPS) is 12.9. The number of amides is 1.